The van der Waals surface area contributed by atoms with E-state index < -0.39 is 0 Å². The Morgan fingerprint density at radius 1 is 1.38 bits per heavy atom. The molecular weight excluding hydrogens is 216 g/mol. The highest BCUT2D eigenvalue weighted by atomic mass is 32.2. The number of nitrogens with zero attached hydrogens (tertiary/aromatic N) is 1. The molecule has 0 bridgehead atoms. The summed E-state index contributed by atoms with van der Waals surface area (Å²) in [5.41, 5.74) is 0.492. The molecule has 1 heterocycles. The van der Waals surface area contributed by atoms with Crippen LogP contribution in [0.25, 0.3) is 0 Å². The maximum Gasteiger partial charge on any atom is 0.0309 e. The summed E-state index contributed by atoms with van der Waals surface area (Å²) in [5.74, 6) is 1.30. The molecule has 2 rings (SSSR count). The van der Waals surface area contributed by atoms with Gasteiger partial charge in [-0.3, -0.25) is 4.90 Å². The second-order valence-corrected chi connectivity index (χ2v) is 6.50. The van der Waals surface area contributed by atoms with E-state index in [0.717, 1.165) is 6.04 Å². The Hall–Kier alpha value is 0.270. The van der Waals surface area contributed by atoms with Crippen LogP contribution in [0, 0.1) is 0 Å². The summed E-state index contributed by atoms with van der Waals surface area (Å²) in [6.07, 6.45) is 9.22. The molecule has 1 unspecified atom stereocenters. The number of thioether (sulfide) groups is 1. The van der Waals surface area contributed by atoms with Crippen LogP contribution in [0.3, 0.4) is 0 Å². The average molecular weight is 242 g/mol. The lowest BCUT2D eigenvalue weighted by Gasteiger charge is -2.44. The van der Waals surface area contributed by atoms with Gasteiger partial charge in [-0.15, -0.1) is 0 Å². The minimum Gasteiger partial charge on any atom is -0.309 e. The van der Waals surface area contributed by atoms with Gasteiger partial charge in [0.2, 0.25) is 0 Å². The molecule has 1 atom stereocenters. The van der Waals surface area contributed by atoms with Crippen molar-refractivity contribution in [2.45, 2.75) is 50.6 Å². The summed E-state index contributed by atoms with van der Waals surface area (Å²) in [6, 6.07) is 0.770. The van der Waals surface area contributed by atoms with Gasteiger partial charge in [0.05, 0.1) is 0 Å². The van der Waals surface area contributed by atoms with Crippen molar-refractivity contribution in [3.8, 4) is 0 Å². The first-order valence-corrected chi connectivity index (χ1v) is 8.13. The monoisotopic (exact) mass is 242 g/mol. The molecule has 1 aliphatic heterocycles. The molecule has 1 saturated carbocycles. The van der Waals surface area contributed by atoms with Gasteiger partial charge in [-0.05, 0) is 38.2 Å². The van der Waals surface area contributed by atoms with Gasteiger partial charge in [-0.2, -0.15) is 11.8 Å². The molecular formula is C13H26N2S. The van der Waals surface area contributed by atoms with E-state index in [1.165, 1.54) is 57.5 Å². The molecule has 1 saturated heterocycles. The van der Waals surface area contributed by atoms with Gasteiger partial charge in [0.15, 0.2) is 0 Å². The standard InChI is InChI=1S/C13H26N2S/c1-12(5-10-16-2)15-9-8-14-13(11-15)6-3-4-7-13/h12,14H,3-11H2,1-2H3. The van der Waals surface area contributed by atoms with E-state index in [0.29, 0.717) is 5.54 Å². The van der Waals surface area contributed by atoms with E-state index >= 15 is 0 Å². The highest BCUT2D eigenvalue weighted by Crippen LogP contribution is 2.32. The molecule has 1 spiro atoms. The molecule has 2 fully saturated rings. The highest BCUT2D eigenvalue weighted by Gasteiger charge is 2.38. The molecule has 1 N–H and O–H groups in total. The Balaban J connectivity index is 1.85. The molecule has 0 radical (unpaired) electrons. The zero-order chi connectivity index (χ0) is 11.4. The van der Waals surface area contributed by atoms with E-state index in [2.05, 4.69) is 23.4 Å². The first-order chi connectivity index (χ1) is 7.76. The molecule has 3 heteroatoms. The van der Waals surface area contributed by atoms with Crippen molar-refractivity contribution in [3.63, 3.8) is 0 Å². The van der Waals surface area contributed by atoms with E-state index in [4.69, 9.17) is 0 Å². The molecule has 0 aromatic carbocycles. The van der Waals surface area contributed by atoms with Crippen LogP contribution in [0.1, 0.15) is 39.0 Å². The normalized spacial score (nSPS) is 27.4. The Morgan fingerprint density at radius 2 is 2.12 bits per heavy atom. The fourth-order valence-electron chi connectivity index (χ4n) is 3.22. The Bertz CT molecular complexity index is 214. The zero-order valence-corrected chi connectivity index (χ0v) is 11.6. The predicted octanol–water partition coefficient (Wildman–Crippen LogP) is 2.35. The molecule has 16 heavy (non-hydrogen) atoms. The van der Waals surface area contributed by atoms with Gasteiger partial charge in [0.25, 0.3) is 0 Å². The first-order valence-electron chi connectivity index (χ1n) is 6.74. The predicted molar refractivity (Wildman–Crippen MR) is 73.2 cm³/mol. The lowest BCUT2D eigenvalue weighted by Crippen LogP contribution is -2.60. The summed E-state index contributed by atoms with van der Waals surface area (Å²) >= 11 is 1.98. The molecule has 0 aromatic heterocycles. The minimum atomic E-state index is 0.492. The van der Waals surface area contributed by atoms with E-state index in [1.54, 1.807) is 0 Å². The first kappa shape index (κ1) is 12.7. The molecule has 2 nitrogen and oxygen atoms in total. The van der Waals surface area contributed by atoms with Crippen LogP contribution in [0.15, 0.2) is 0 Å². The number of hydrogen-bond donors (Lipinski definition) is 1. The van der Waals surface area contributed by atoms with Crippen LogP contribution < -0.4 is 5.32 Å². The van der Waals surface area contributed by atoms with Crippen LogP contribution in [0.4, 0.5) is 0 Å². The Morgan fingerprint density at radius 3 is 2.81 bits per heavy atom. The number of nitrogens with one attached hydrogen (secondary N) is 1. The van der Waals surface area contributed by atoms with Crippen molar-refractivity contribution in [1.82, 2.24) is 10.2 Å². The third-order valence-electron chi connectivity index (χ3n) is 4.33. The highest BCUT2D eigenvalue weighted by molar-refractivity contribution is 7.98. The number of piperazine rings is 1. The zero-order valence-electron chi connectivity index (χ0n) is 10.8. The molecule has 0 aromatic rings. The van der Waals surface area contributed by atoms with Crippen LogP contribution in [-0.2, 0) is 0 Å². The van der Waals surface area contributed by atoms with E-state index in [-0.39, 0.29) is 0 Å². The topological polar surface area (TPSA) is 15.3 Å². The van der Waals surface area contributed by atoms with Crippen molar-refractivity contribution in [2.24, 2.45) is 0 Å². The maximum absolute atomic E-state index is 3.79. The van der Waals surface area contributed by atoms with E-state index in [9.17, 15) is 0 Å². The lowest BCUT2D eigenvalue weighted by molar-refractivity contribution is 0.0993. The maximum atomic E-state index is 3.79. The molecule has 2 aliphatic rings. The fourth-order valence-corrected chi connectivity index (χ4v) is 3.80. The number of hydrogen-bond acceptors (Lipinski definition) is 3. The van der Waals surface area contributed by atoms with Crippen LogP contribution in [0.5, 0.6) is 0 Å². The Kier molecular flexibility index (Phi) is 4.57. The Labute approximate surface area is 105 Å². The molecule has 1 aliphatic carbocycles. The largest absolute Gasteiger partial charge is 0.309 e. The van der Waals surface area contributed by atoms with Gasteiger partial charge in [0, 0.05) is 31.2 Å². The summed E-state index contributed by atoms with van der Waals surface area (Å²) in [4.78, 5) is 2.72. The summed E-state index contributed by atoms with van der Waals surface area (Å²) in [7, 11) is 0. The third-order valence-corrected chi connectivity index (χ3v) is 4.97. The second-order valence-electron chi connectivity index (χ2n) is 5.52. The summed E-state index contributed by atoms with van der Waals surface area (Å²) < 4.78 is 0. The van der Waals surface area contributed by atoms with Gasteiger partial charge in [-0.25, -0.2) is 0 Å². The summed E-state index contributed by atoms with van der Waals surface area (Å²) in [5, 5.41) is 3.79. The SMILES string of the molecule is CSCCC(C)N1CCNC2(CCCC2)C1. The van der Waals surface area contributed by atoms with Gasteiger partial charge >= 0.3 is 0 Å². The fraction of sp³-hybridized carbons (Fsp3) is 1.00. The summed E-state index contributed by atoms with van der Waals surface area (Å²) in [6.45, 7) is 6.15. The number of rotatable bonds is 4. The average Bonchev–Trinajstić information content (AvgIpc) is 2.74. The third kappa shape index (κ3) is 2.93. The van der Waals surface area contributed by atoms with Gasteiger partial charge in [0.1, 0.15) is 0 Å². The van der Waals surface area contributed by atoms with Crippen molar-refractivity contribution in [1.29, 1.82) is 0 Å². The smallest absolute Gasteiger partial charge is 0.0309 e. The van der Waals surface area contributed by atoms with Crippen molar-refractivity contribution in [3.05, 3.63) is 0 Å². The molecule has 0 amide bonds. The van der Waals surface area contributed by atoms with E-state index in [1.807, 2.05) is 11.8 Å². The van der Waals surface area contributed by atoms with Gasteiger partial charge in [-0.1, -0.05) is 12.8 Å². The quantitative estimate of drug-likeness (QED) is 0.815. The van der Waals surface area contributed by atoms with Crippen LogP contribution in [-0.4, -0.2) is 48.1 Å². The second kappa shape index (κ2) is 5.74. The van der Waals surface area contributed by atoms with Crippen LogP contribution in [0.2, 0.25) is 0 Å². The molecule has 94 valence electrons. The van der Waals surface area contributed by atoms with Crippen LogP contribution >= 0.6 is 11.8 Å². The van der Waals surface area contributed by atoms with Crippen molar-refractivity contribution < 1.29 is 0 Å². The van der Waals surface area contributed by atoms with Crippen molar-refractivity contribution >= 4 is 11.8 Å². The minimum absolute atomic E-state index is 0.492. The van der Waals surface area contributed by atoms with Gasteiger partial charge < -0.3 is 5.32 Å². The van der Waals surface area contributed by atoms with Crippen molar-refractivity contribution in [2.75, 3.05) is 31.6 Å². The lowest BCUT2D eigenvalue weighted by atomic mass is 9.93.